The summed E-state index contributed by atoms with van der Waals surface area (Å²) in [4.78, 5) is 27.2. The van der Waals surface area contributed by atoms with Crippen molar-refractivity contribution in [2.75, 3.05) is 6.54 Å². The highest BCUT2D eigenvalue weighted by Crippen LogP contribution is 2.43. The quantitative estimate of drug-likeness (QED) is 0.259. The SMILES string of the molecule is O=C=NCCCCCC1(CC(F)N=C=O)CCCCCCCC1. The van der Waals surface area contributed by atoms with Crippen LogP contribution in [0.3, 0.4) is 0 Å². The largest absolute Gasteiger partial charge is 0.237 e. The molecule has 0 bridgehead atoms. The molecule has 23 heavy (non-hydrogen) atoms. The van der Waals surface area contributed by atoms with Crippen LogP contribution in [0.25, 0.3) is 0 Å². The lowest BCUT2D eigenvalue weighted by molar-refractivity contribution is 0.130. The molecule has 0 aromatic carbocycles. The van der Waals surface area contributed by atoms with E-state index in [0.717, 1.165) is 51.4 Å². The van der Waals surface area contributed by atoms with Crippen molar-refractivity contribution in [1.82, 2.24) is 0 Å². The zero-order valence-electron chi connectivity index (χ0n) is 14.1. The summed E-state index contributed by atoms with van der Waals surface area (Å²) in [6, 6.07) is 0. The summed E-state index contributed by atoms with van der Waals surface area (Å²) >= 11 is 0. The van der Waals surface area contributed by atoms with E-state index in [1.165, 1.54) is 31.8 Å². The van der Waals surface area contributed by atoms with Crippen LogP contribution >= 0.6 is 0 Å². The maximum absolute atomic E-state index is 14.0. The first-order valence-electron chi connectivity index (χ1n) is 8.97. The molecule has 1 aliphatic rings. The zero-order chi connectivity index (χ0) is 16.8. The van der Waals surface area contributed by atoms with Crippen LogP contribution in [0.1, 0.15) is 83.5 Å². The average Bonchev–Trinajstić information content (AvgIpc) is 2.64. The van der Waals surface area contributed by atoms with E-state index in [-0.39, 0.29) is 5.41 Å². The molecule has 0 aromatic heterocycles. The molecule has 1 aliphatic carbocycles. The van der Waals surface area contributed by atoms with Gasteiger partial charge in [0.15, 0.2) is 0 Å². The molecule has 1 rings (SSSR count). The second kappa shape index (κ2) is 12.2. The summed E-state index contributed by atoms with van der Waals surface area (Å²) in [6.07, 6.45) is 14.9. The molecule has 1 atom stereocenters. The summed E-state index contributed by atoms with van der Waals surface area (Å²) in [5, 5.41) is 0. The minimum absolute atomic E-state index is 0.0436. The first-order chi connectivity index (χ1) is 11.2. The van der Waals surface area contributed by atoms with Crippen LogP contribution in [-0.2, 0) is 9.59 Å². The van der Waals surface area contributed by atoms with E-state index < -0.39 is 6.30 Å². The lowest BCUT2D eigenvalue weighted by Gasteiger charge is -2.34. The van der Waals surface area contributed by atoms with Gasteiger partial charge in [0.05, 0.1) is 6.54 Å². The van der Waals surface area contributed by atoms with E-state index in [1.54, 1.807) is 6.08 Å². The van der Waals surface area contributed by atoms with Crippen molar-refractivity contribution in [3.63, 3.8) is 0 Å². The number of aliphatic imine (C=N–C) groups is 2. The normalized spacial score (nSPS) is 19.3. The van der Waals surface area contributed by atoms with Crippen molar-refractivity contribution in [1.29, 1.82) is 0 Å². The van der Waals surface area contributed by atoms with E-state index in [4.69, 9.17) is 0 Å². The van der Waals surface area contributed by atoms with Gasteiger partial charge in [-0.25, -0.2) is 19.0 Å². The molecule has 4 nitrogen and oxygen atoms in total. The fourth-order valence-corrected chi connectivity index (χ4v) is 3.76. The molecule has 0 aliphatic heterocycles. The highest BCUT2D eigenvalue weighted by molar-refractivity contribution is 5.33. The zero-order valence-corrected chi connectivity index (χ0v) is 14.1. The second-order valence-electron chi connectivity index (χ2n) is 6.76. The van der Waals surface area contributed by atoms with Crippen LogP contribution in [0.5, 0.6) is 0 Å². The molecular weight excluding hydrogens is 295 g/mol. The van der Waals surface area contributed by atoms with Gasteiger partial charge < -0.3 is 0 Å². The predicted molar refractivity (Wildman–Crippen MR) is 88.5 cm³/mol. The number of unbranched alkanes of at least 4 members (excludes halogenated alkanes) is 2. The smallest absolute Gasteiger partial charge is 0.221 e. The van der Waals surface area contributed by atoms with Crippen molar-refractivity contribution >= 4 is 12.2 Å². The Hall–Kier alpha value is -1.31. The predicted octanol–water partition coefficient (Wildman–Crippen LogP) is 5.02. The molecule has 0 amide bonds. The Labute approximate surface area is 138 Å². The molecule has 1 fully saturated rings. The number of halogens is 1. The number of rotatable bonds is 9. The minimum atomic E-state index is -1.42. The molecule has 0 saturated heterocycles. The van der Waals surface area contributed by atoms with E-state index >= 15 is 0 Å². The summed E-state index contributed by atoms with van der Waals surface area (Å²) in [5.41, 5.74) is -0.0436. The Kier molecular flexibility index (Phi) is 10.4. The maximum atomic E-state index is 14.0. The molecule has 0 heterocycles. The first-order valence-corrected chi connectivity index (χ1v) is 8.97. The maximum Gasteiger partial charge on any atom is 0.237 e. The van der Waals surface area contributed by atoms with Crippen molar-refractivity contribution in [3.8, 4) is 0 Å². The van der Waals surface area contributed by atoms with Gasteiger partial charge in [0, 0.05) is 6.42 Å². The van der Waals surface area contributed by atoms with E-state index in [1.807, 2.05) is 0 Å². The minimum Gasteiger partial charge on any atom is -0.221 e. The van der Waals surface area contributed by atoms with Gasteiger partial charge in [-0.05, 0) is 31.1 Å². The molecular formula is C18H29FN2O2. The monoisotopic (exact) mass is 324 g/mol. The van der Waals surface area contributed by atoms with Crippen LogP contribution in [0, 0.1) is 5.41 Å². The molecule has 0 radical (unpaired) electrons. The third-order valence-electron chi connectivity index (χ3n) is 5.00. The number of carbonyl (C=O) groups excluding carboxylic acids is 2. The highest BCUT2D eigenvalue weighted by atomic mass is 19.1. The topological polar surface area (TPSA) is 58.9 Å². The van der Waals surface area contributed by atoms with Gasteiger partial charge in [-0.1, -0.05) is 51.4 Å². The first kappa shape index (κ1) is 19.7. The molecule has 5 heteroatoms. The summed E-state index contributed by atoms with van der Waals surface area (Å²) in [5.74, 6) is 0. The Morgan fingerprint density at radius 2 is 1.57 bits per heavy atom. The standard InChI is InChI=1S/C18H29FN2O2/c19-17(21-16-23)14-18(12-8-5-9-13-20-15-22)10-6-3-1-2-4-7-11-18/h17H,1-14H2. The van der Waals surface area contributed by atoms with Crippen LogP contribution in [0.2, 0.25) is 0 Å². The van der Waals surface area contributed by atoms with Crippen molar-refractivity contribution < 1.29 is 14.0 Å². The third-order valence-corrected chi connectivity index (χ3v) is 5.00. The lowest BCUT2D eigenvalue weighted by Crippen LogP contribution is -2.25. The Morgan fingerprint density at radius 3 is 2.17 bits per heavy atom. The van der Waals surface area contributed by atoms with Crippen LogP contribution < -0.4 is 0 Å². The summed E-state index contributed by atoms with van der Waals surface area (Å²) in [6.45, 7) is 0.525. The summed E-state index contributed by atoms with van der Waals surface area (Å²) in [7, 11) is 0. The molecule has 0 N–H and O–H groups in total. The van der Waals surface area contributed by atoms with E-state index in [9.17, 15) is 14.0 Å². The van der Waals surface area contributed by atoms with Crippen molar-refractivity contribution in [2.24, 2.45) is 15.4 Å². The highest BCUT2D eigenvalue weighted by Gasteiger charge is 2.32. The molecule has 1 unspecified atom stereocenters. The lowest BCUT2D eigenvalue weighted by atomic mass is 9.72. The van der Waals surface area contributed by atoms with E-state index in [0.29, 0.717) is 13.0 Å². The van der Waals surface area contributed by atoms with Gasteiger partial charge in [0.25, 0.3) is 0 Å². The summed E-state index contributed by atoms with van der Waals surface area (Å²) < 4.78 is 14.0. The number of alkyl halides is 1. The fraction of sp³-hybridized carbons (Fsp3) is 0.889. The van der Waals surface area contributed by atoms with Crippen LogP contribution in [0.15, 0.2) is 9.98 Å². The molecule has 0 spiro atoms. The third kappa shape index (κ3) is 8.78. The van der Waals surface area contributed by atoms with E-state index in [2.05, 4.69) is 9.98 Å². The second-order valence-corrected chi connectivity index (χ2v) is 6.76. The Balaban J connectivity index is 2.60. The van der Waals surface area contributed by atoms with Crippen molar-refractivity contribution in [3.05, 3.63) is 0 Å². The van der Waals surface area contributed by atoms with Gasteiger partial charge in [-0.2, -0.15) is 4.99 Å². The van der Waals surface area contributed by atoms with Gasteiger partial charge in [0.1, 0.15) is 0 Å². The number of isocyanates is 2. The van der Waals surface area contributed by atoms with Crippen LogP contribution in [-0.4, -0.2) is 25.0 Å². The van der Waals surface area contributed by atoms with Gasteiger partial charge in [-0.3, -0.25) is 0 Å². The Morgan fingerprint density at radius 1 is 0.913 bits per heavy atom. The molecule has 0 aromatic rings. The van der Waals surface area contributed by atoms with Crippen LogP contribution in [0.4, 0.5) is 4.39 Å². The Bertz CT molecular complexity index is 405. The number of nitrogens with zero attached hydrogens (tertiary/aromatic N) is 2. The van der Waals surface area contributed by atoms with Crippen molar-refractivity contribution in [2.45, 2.75) is 89.8 Å². The average molecular weight is 324 g/mol. The number of hydrogen-bond donors (Lipinski definition) is 0. The molecule has 1 saturated carbocycles. The molecule has 130 valence electrons. The van der Waals surface area contributed by atoms with Gasteiger partial charge in [0.2, 0.25) is 18.5 Å². The fourth-order valence-electron chi connectivity index (χ4n) is 3.76. The van der Waals surface area contributed by atoms with Gasteiger partial charge in [-0.15, -0.1) is 0 Å². The van der Waals surface area contributed by atoms with Gasteiger partial charge >= 0.3 is 0 Å². The number of hydrogen-bond acceptors (Lipinski definition) is 4.